The molecular formula is C18H23N3O6S. The van der Waals surface area contributed by atoms with E-state index in [4.69, 9.17) is 9.47 Å². The van der Waals surface area contributed by atoms with Crippen molar-refractivity contribution in [2.24, 2.45) is 0 Å². The summed E-state index contributed by atoms with van der Waals surface area (Å²) in [5.41, 5.74) is 0.372. The van der Waals surface area contributed by atoms with Gasteiger partial charge in [-0.3, -0.25) is 14.8 Å². The van der Waals surface area contributed by atoms with E-state index in [0.717, 1.165) is 6.07 Å². The van der Waals surface area contributed by atoms with Gasteiger partial charge in [-0.05, 0) is 24.3 Å². The largest absolute Gasteiger partial charge is 0.383 e. The number of sulfonamides is 1. The SMILES string of the molecule is COCCN(CCOC)c1ccc(S(=O)(=O)Nc2ccccc2)cc1[N+](=O)[O-]. The molecule has 9 nitrogen and oxygen atoms in total. The first-order valence-corrected chi connectivity index (χ1v) is 9.96. The highest BCUT2D eigenvalue weighted by Gasteiger charge is 2.24. The highest BCUT2D eigenvalue weighted by Crippen LogP contribution is 2.31. The minimum atomic E-state index is -3.97. The molecule has 2 aromatic carbocycles. The number of nitrogens with one attached hydrogen (secondary N) is 1. The molecular weight excluding hydrogens is 386 g/mol. The summed E-state index contributed by atoms with van der Waals surface area (Å²) < 4.78 is 37.8. The maximum Gasteiger partial charge on any atom is 0.293 e. The van der Waals surface area contributed by atoms with Gasteiger partial charge < -0.3 is 14.4 Å². The molecule has 0 radical (unpaired) electrons. The van der Waals surface area contributed by atoms with Gasteiger partial charge in [0.2, 0.25) is 0 Å². The molecule has 0 fully saturated rings. The average molecular weight is 409 g/mol. The number of hydrogen-bond donors (Lipinski definition) is 1. The summed E-state index contributed by atoms with van der Waals surface area (Å²) in [6.07, 6.45) is 0. The molecule has 0 aliphatic heterocycles. The second-order valence-corrected chi connectivity index (χ2v) is 7.53. The van der Waals surface area contributed by atoms with Crippen LogP contribution in [0.5, 0.6) is 0 Å². The third-order valence-electron chi connectivity index (χ3n) is 3.95. The van der Waals surface area contributed by atoms with Crippen molar-refractivity contribution in [2.45, 2.75) is 4.90 Å². The van der Waals surface area contributed by atoms with Crippen molar-refractivity contribution in [3.05, 3.63) is 58.6 Å². The quantitative estimate of drug-likeness (QED) is 0.448. The van der Waals surface area contributed by atoms with E-state index in [1.807, 2.05) is 0 Å². The first-order valence-electron chi connectivity index (χ1n) is 8.48. The Morgan fingerprint density at radius 1 is 1.04 bits per heavy atom. The summed E-state index contributed by atoms with van der Waals surface area (Å²) in [5.74, 6) is 0. The van der Waals surface area contributed by atoms with E-state index in [1.165, 1.54) is 26.4 Å². The van der Waals surface area contributed by atoms with Gasteiger partial charge in [0.25, 0.3) is 15.7 Å². The molecule has 152 valence electrons. The summed E-state index contributed by atoms with van der Waals surface area (Å²) in [6.45, 7) is 1.51. The number of nitrogens with zero attached hydrogens (tertiary/aromatic N) is 2. The predicted octanol–water partition coefficient (Wildman–Crippen LogP) is 2.49. The van der Waals surface area contributed by atoms with Crippen LogP contribution >= 0.6 is 0 Å². The third kappa shape index (κ3) is 5.65. The molecule has 10 heteroatoms. The van der Waals surface area contributed by atoms with Crippen LogP contribution in [-0.4, -0.2) is 53.9 Å². The molecule has 0 spiro atoms. The summed E-state index contributed by atoms with van der Waals surface area (Å²) in [4.78, 5) is 12.6. The molecule has 0 atom stereocenters. The van der Waals surface area contributed by atoms with Crippen molar-refractivity contribution in [2.75, 3.05) is 50.1 Å². The van der Waals surface area contributed by atoms with E-state index < -0.39 is 14.9 Å². The number of anilines is 2. The summed E-state index contributed by atoms with van der Waals surface area (Å²) in [5, 5.41) is 11.6. The Hall–Kier alpha value is -2.69. The van der Waals surface area contributed by atoms with Gasteiger partial charge in [0.15, 0.2) is 0 Å². The third-order valence-corrected chi connectivity index (χ3v) is 5.33. The number of nitro groups is 1. The molecule has 0 aliphatic carbocycles. The molecule has 0 bridgehead atoms. The van der Waals surface area contributed by atoms with Gasteiger partial charge in [0, 0.05) is 39.1 Å². The van der Waals surface area contributed by atoms with Crippen molar-refractivity contribution in [3.8, 4) is 0 Å². The number of benzene rings is 2. The van der Waals surface area contributed by atoms with E-state index in [1.54, 1.807) is 35.2 Å². The van der Waals surface area contributed by atoms with Crippen LogP contribution in [0.3, 0.4) is 0 Å². The van der Waals surface area contributed by atoms with Crippen molar-refractivity contribution < 1.29 is 22.8 Å². The van der Waals surface area contributed by atoms with Crippen molar-refractivity contribution in [1.29, 1.82) is 0 Å². The zero-order valence-electron chi connectivity index (χ0n) is 15.7. The molecule has 0 heterocycles. The van der Waals surface area contributed by atoms with Gasteiger partial charge in [0.05, 0.1) is 23.0 Å². The maximum absolute atomic E-state index is 12.6. The second kappa shape index (κ2) is 10.0. The van der Waals surface area contributed by atoms with E-state index in [-0.39, 0.29) is 10.6 Å². The zero-order valence-corrected chi connectivity index (χ0v) is 16.5. The molecule has 0 aliphatic rings. The Balaban J connectivity index is 2.39. The van der Waals surface area contributed by atoms with Gasteiger partial charge in [0.1, 0.15) is 5.69 Å². The normalized spacial score (nSPS) is 11.2. The van der Waals surface area contributed by atoms with Crippen molar-refractivity contribution in [3.63, 3.8) is 0 Å². The highest BCUT2D eigenvalue weighted by molar-refractivity contribution is 7.92. The molecule has 28 heavy (non-hydrogen) atoms. The lowest BCUT2D eigenvalue weighted by Gasteiger charge is -2.24. The zero-order chi connectivity index (χ0) is 20.6. The number of ether oxygens (including phenoxy) is 2. The number of nitro benzene ring substituents is 1. The van der Waals surface area contributed by atoms with E-state index in [9.17, 15) is 18.5 Å². The predicted molar refractivity (Wildman–Crippen MR) is 106 cm³/mol. The van der Waals surface area contributed by atoms with Crippen LogP contribution in [0.4, 0.5) is 17.1 Å². The van der Waals surface area contributed by atoms with E-state index in [0.29, 0.717) is 37.7 Å². The first kappa shape index (κ1) is 21.6. The Morgan fingerprint density at radius 3 is 2.18 bits per heavy atom. The number of rotatable bonds is 11. The van der Waals surface area contributed by atoms with E-state index in [2.05, 4.69) is 4.72 Å². The fraction of sp³-hybridized carbons (Fsp3) is 0.333. The maximum atomic E-state index is 12.6. The summed E-state index contributed by atoms with van der Waals surface area (Å²) in [7, 11) is -0.897. The Kier molecular flexibility index (Phi) is 7.73. The van der Waals surface area contributed by atoms with Crippen LogP contribution in [0.25, 0.3) is 0 Å². The number of para-hydroxylation sites is 1. The minimum Gasteiger partial charge on any atom is -0.383 e. The molecule has 0 saturated heterocycles. The Bertz CT molecular complexity index is 881. The van der Waals surface area contributed by atoms with Crippen molar-refractivity contribution >= 4 is 27.1 Å². The molecule has 2 aromatic rings. The summed E-state index contributed by atoms with van der Waals surface area (Å²) in [6, 6.07) is 12.2. The monoisotopic (exact) mass is 409 g/mol. The van der Waals surface area contributed by atoms with Gasteiger partial charge >= 0.3 is 0 Å². The Morgan fingerprint density at radius 2 is 1.64 bits per heavy atom. The fourth-order valence-electron chi connectivity index (χ4n) is 2.56. The minimum absolute atomic E-state index is 0.190. The fourth-order valence-corrected chi connectivity index (χ4v) is 3.64. The van der Waals surface area contributed by atoms with E-state index >= 15 is 0 Å². The van der Waals surface area contributed by atoms with Crippen LogP contribution in [0.15, 0.2) is 53.4 Å². The smallest absolute Gasteiger partial charge is 0.293 e. The summed E-state index contributed by atoms with van der Waals surface area (Å²) >= 11 is 0. The number of hydrogen-bond acceptors (Lipinski definition) is 7. The first-order chi connectivity index (χ1) is 13.4. The molecule has 0 amide bonds. The average Bonchev–Trinajstić information content (AvgIpc) is 2.68. The van der Waals surface area contributed by atoms with Gasteiger partial charge in [-0.15, -0.1) is 0 Å². The highest BCUT2D eigenvalue weighted by atomic mass is 32.2. The molecule has 0 aromatic heterocycles. The number of methoxy groups -OCH3 is 2. The molecule has 2 rings (SSSR count). The molecule has 0 saturated carbocycles. The standard InChI is InChI=1S/C18H23N3O6S/c1-26-12-10-20(11-13-27-2)17-9-8-16(14-18(17)21(22)23)28(24,25)19-15-6-4-3-5-7-15/h3-9,14,19H,10-13H2,1-2H3. The van der Waals surface area contributed by atoms with Crippen LogP contribution in [0.1, 0.15) is 0 Å². The molecule has 1 N–H and O–H groups in total. The molecule has 0 unspecified atom stereocenters. The van der Waals surface area contributed by atoms with Gasteiger partial charge in [-0.25, -0.2) is 8.42 Å². The van der Waals surface area contributed by atoms with Gasteiger partial charge in [-0.2, -0.15) is 0 Å². The van der Waals surface area contributed by atoms with Crippen LogP contribution in [0.2, 0.25) is 0 Å². The topological polar surface area (TPSA) is 111 Å². The lowest BCUT2D eigenvalue weighted by atomic mass is 10.2. The second-order valence-electron chi connectivity index (χ2n) is 5.85. The van der Waals surface area contributed by atoms with Crippen molar-refractivity contribution in [1.82, 2.24) is 0 Å². The Labute approximate surface area is 164 Å². The lowest BCUT2D eigenvalue weighted by Crippen LogP contribution is -2.31. The van der Waals surface area contributed by atoms with Crippen LogP contribution in [-0.2, 0) is 19.5 Å². The lowest BCUT2D eigenvalue weighted by molar-refractivity contribution is -0.384. The van der Waals surface area contributed by atoms with Gasteiger partial charge in [-0.1, -0.05) is 18.2 Å². The van der Waals surface area contributed by atoms with Crippen LogP contribution < -0.4 is 9.62 Å². The van der Waals surface area contributed by atoms with Crippen LogP contribution in [0, 0.1) is 10.1 Å².